The van der Waals surface area contributed by atoms with E-state index in [1.165, 1.54) is 10.5 Å². The molecule has 0 saturated carbocycles. The molecule has 0 aliphatic rings. The molecule has 0 saturated heterocycles. The predicted molar refractivity (Wildman–Crippen MR) is 97.5 cm³/mol. The molecule has 0 radical (unpaired) electrons. The molecule has 0 spiro atoms. The van der Waals surface area contributed by atoms with Crippen molar-refractivity contribution in [1.29, 1.82) is 0 Å². The summed E-state index contributed by atoms with van der Waals surface area (Å²) in [6.45, 7) is 4.21. The van der Waals surface area contributed by atoms with E-state index in [1.807, 2.05) is 32.0 Å². The molecule has 2 aromatic carbocycles. The number of nitrogens with one attached hydrogen (secondary N) is 2. The Morgan fingerprint density at radius 2 is 1.54 bits per heavy atom. The average molecular weight is 325 g/mol. The highest BCUT2D eigenvalue weighted by Crippen LogP contribution is 2.14. The van der Waals surface area contributed by atoms with Crippen LogP contribution in [-0.4, -0.2) is 37.4 Å². The van der Waals surface area contributed by atoms with Gasteiger partial charge >= 0.3 is 0 Å². The van der Waals surface area contributed by atoms with Crippen molar-refractivity contribution in [2.24, 2.45) is 0 Å². The van der Waals surface area contributed by atoms with E-state index in [9.17, 15) is 9.59 Å². The topological polar surface area (TPSA) is 61.4 Å². The molecule has 0 atom stereocenters. The van der Waals surface area contributed by atoms with E-state index >= 15 is 0 Å². The molecule has 0 fully saturated rings. The SMILES string of the molecule is Cc1ccc(NC(=O)CNc2ccc(C(=O)N(C)C)cc2)cc1C. The lowest BCUT2D eigenvalue weighted by atomic mass is 10.1. The number of amides is 2. The predicted octanol–water partition coefficient (Wildman–Crippen LogP) is 3.06. The Labute approximate surface area is 142 Å². The van der Waals surface area contributed by atoms with Gasteiger partial charge in [-0.3, -0.25) is 9.59 Å². The van der Waals surface area contributed by atoms with Gasteiger partial charge in [0.25, 0.3) is 5.91 Å². The third-order valence-corrected chi connectivity index (χ3v) is 3.78. The second-order valence-electron chi connectivity index (χ2n) is 5.98. The molecule has 0 unspecified atom stereocenters. The number of hydrogen-bond donors (Lipinski definition) is 2. The zero-order chi connectivity index (χ0) is 17.7. The minimum absolute atomic E-state index is 0.0472. The fourth-order valence-corrected chi connectivity index (χ4v) is 2.20. The van der Waals surface area contributed by atoms with Gasteiger partial charge in [0.2, 0.25) is 5.91 Å². The van der Waals surface area contributed by atoms with Gasteiger partial charge < -0.3 is 15.5 Å². The zero-order valence-corrected chi connectivity index (χ0v) is 14.5. The first-order valence-electron chi connectivity index (χ1n) is 7.79. The summed E-state index contributed by atoms with van der Waals surface area (Å²) in [6.07, 6.45) is 0. The lowest BCUT2D eigenvalue weighted by Crippen LogP contribution is -2.22. The molecule has 2 rings (SSSR count). The zero-order valence-electron chi connectivity index (χ0n) is 14.5. The lowest BCUT2D eigenvalue weighted by molar-refractivity contribution is -0.114. The number of rotatable bonds is 5. The monoisotopic (exact) mass is 325 g/mol. The number of aryl methyl sites for hydroxylation is 2. The Kier molecular flexibility index (Phi) is 5.58. The van der Waals surface area contributed by atoms with Crippen molar-refractivity contribution in [3.8, 4) is 0 Å². The van der Waals surface area contributed by atoms with Gasteiger partial charge in [0.1, 0.15) is 0 Å². The van der Waals surface area contributed by atoms with Gasteiger partial charge in [0, 0.05) is 31.0 Å². The Balaban J connectivity index is 1.89. The van der Waals surface area contributed by atoms with Crippen LogP contribution >= 0.6 is 0 Å². The largest absolute Gasteiger partial charge is 0.376 e. The molecule has 5 heteroatoms. The number of carbonyl (C=O) groups excluding carboxylic acids is 2. The Morgan fingerprint density at radius 3 is 2.12 bits per heavy atom. The van der Waals surface area contributed by atoms with E-state index in [2.05, 4.69) is 10.6 Å². The van der Waals surface area contributed by atoms with Crippen LogP contribution in [0.1, 0.15) is 21.5 Å². The van der Waals surface area contributed by atoms with E-state index in [0.29, 0.717) is 5.56 Å². The summed E-state index contributed by atoms with van der Waals surface area (Å²) in [5.74, 6) is -0.166. The molecular formula is C19H23N3O2. The second kappa shape index (κ2) is 7.64. The molecule has 2 amide bonds. The van der Waals surface area contributed by atoms with Crippen molar-refractivity contribution in [3.63, 3.8) is 0 Å². The molecular weight excluding hydrogens is 302 g/mol. The first-order chi connectivity index (χ1) is 11.4. The number of nitrogens with zero attached hydrogens (tertiary/aromatic N) is 1. The highest BCUT2D eigenvalue weighted by molar-refractivity contribution is 5.95. The van der Waals surface area contributed by atoms with Crippen LogP contribution in [0, 0.1) is 13.8 Å². The smallest absolute Gasteiger partial charge is 0.253 e. The highest BCUT2D eigenvalue weighted by atomic mass is 16.2. The van der Waals surface area contributed by atoms with Crippen molar-refractivity contribution in [2.45, 2.75) is 13.8 Å². The minimum atomic E-state index is -0.119. The second-order valence-corrected chi connectivity index (χ2v) is 5.98. The maximum absolute atomic E-state index is 12.0. The highest BCUT2D eigenvalue weighted by Gasteiger charge is 2.08. The minimum Gasteiger partial charge on any atom is -0.376 e. The van der Waals surface area contributed by atoms with Crippen LogP contribution in [0.15, 0.2) is 42.5 Å². The van der Waals surface area contributed by atoms with E-state index in [4.69, 9.17) is 0 Å². The summed E-state index contributed by atoms with van der Waals surface area (Å²) in [4.78, 5) is 25.4. The van der Waals surface area contributed by atoms with Crippen LogP contribution < -0.4 is 10.6 Å². The van der Waals surface area contributed by atoms with Gasteiger partial charge in [-0.25, -0.2) is 0 Å². The third kappa shape index (κ3) is 4.59. The van der Waals surface area contributed by atoms with Gasteiger partial charge in [-0.2, -0.15) is 0 Å². The van der Waals surface area contributed by atoms with E-state index in [0.717, 1.165) is 16.9 Å². The average Bonchev–Trinajstić information content (AvgIpc) is 2.56. The maximum atomic E-state index is 12.0. The van der Waals surface area contributed by atoms with Gasteiger partial charge in [0.15, 0.2) is 0 Å². The summed E-state index contributed by atoms with van der Waals surface area (Å²) < 4.78 is 0. The number of benzene rings is 2. The van der Waals surface area contributed by atoms with Crippen LogP contribution in [0.4, 0.5) is 11.4 Å². The molecule has 0 aromatic heterocycles. The van der Waals surface area contributed by atoms with Gasteiger partial charge in [0.05, 0.1) is 6.54 Å². The fraction of sp³-hybridized carbons (Fsp3) is 0.263. The first kappa shape index (κ1) is 17.5. The van der Waals surface area contributed by atoms with E-state index in [-0.39, 0.29) is 18.4 Å². The molecule has 0 heterocycles. The standard InChI is InChI=1S/C19H23N3O2/c1-13-5-8-17(11-14(13)2)21-18(23)12-20-16-9-6-15(7-10-16)19(24)22(3)4/h5-11,20H,12H2,1-4H3,(H,21,23). The van der Waals surface area contributed by atoms with Gasteiger partial charge in [-0.15, -0.1) is 0 Å². The molecule has 2 N–H and O–H groups in total. The molecule has 24 heavy (non-hydrogen) atoms. The lowest BCUT2D eigenvalue weighted by Gasteiger charge is -2.12. The van der Waals surface area contributed by atoms with Crippen molar-refractivity contribution in [3.05, 3.63) is 59.2 Å². The summed E-state index contributed by atoms with van der Waals surface area (Å²) in [7, 11) is 3.43. The van der Waals surface area contributed by atoms with E-state index in [1.54, 1.807) is 38.4 Å². The van der Waals surface area contributed by atoms with Crippen LogP contribution in [0.25, 0.3) is 0 Å². The molecule has 2 aromatic rings. The summed E-state index contributed by atoms with van der Waals surface area (Å²) in [5.41, 5.74) is 4.53. The van der Waals surface area contributed by atoms with Gasteiger partial charge in [-0.05, 0) is 61.4 Å². The van der Waals surface area contributed by atoms with Crippen LogP contribution in [0.3, 0.4) is 0 Å². The van der Waals surface area contributed by atoms with Crippen LogP contribution in [0.5, 0.6) is 0 Å². The van der Waals surface area contributed by atoms with E-state index < -0.39 is 0 Å². The summed E-state index contributed by atoms with van der Waals surface area (Å²) in [5, 5.41) is 5.91. The molecule has 5 nitrogen and oxygen atoms in total. The van der Waals surface area contributed by atoms with Crippen molar-refractivity contribution in [2.75, 3.05) is 31.3 Å². The maximum Gasteiger partial charge on any atom is 0.253 e. The Morgan fingerprint density at radius 1 is 0.917 bits per heavy atom. The number of hydrogen-bond acceptors (Lipinski definition) is 3. The third-order valence-electron chi connectivity index (χ3n) is 3.78. The first-order valence-corrected chi connectivity index (χ1v) is 7.79. The summed E-state index contributed by atoms with van der Waals surface area (Å²) in [6, 6.07) is 12.9. The fourth-order valence-electron chi connectivity index (χ4n) is 2.20. The molecule has 0 bridgehead atoms. The van der Waals surface area contributed by atoms with Crippen molar-refractivity contribution >= 4 is 23.2 Å². The van der Waals surface area contributed by atoms with Crippen LogP contribution in [-0.2, 0) is 4.79 Å². The molecule has 0 aliphatic heterocycles. The Bertz CT molecular complexity index is 737. The summed E-state index contributed by atoms with van der Waals surface area (Å²) >= 11 is 0. The van der Waals surface area contributed by atoms with Crippen LogP contribution in [0.2, 0.25) is 0 Å². The normalized spacial score (nSPS) is 10.2. The number of anilines is 2. The number of carbonyl (C=O) groups is 2. The quantitative estimate of drug-likeness (QED) is 0.888. The molecule has 126 valence electrons. The van der Waals surface area contributed by atoms with Crippen molar-refractivity contribution < 1.29 is 9.59 Å². The van der Waals surface area contributed by atoms with Crippen molar-refractivity contribution in [1.82, 2.24) is 4.90 Å². The van der Waals surface area contributed by atoms with Gasteiger partial charge in [-0.1, -0.05) is 6.07 Å². The Hall–Kier alpha value is -2.82. The molecule has 0 aliphatic carbocycles.